The minimum atomic E-state index is -3.69. The van der Waals surface area contributed by atoms with Gasteiger partial charge in [0, 0.05) is 43.9 Å². The summed E-state index contributed by atoms with van der Waals surface area (Å²) in [6, 6.07) is 14.8. The second kappa shape index (κ2) is 13.2. The Hall–Kier alpha value is -3.84. The van der Waals surface area contributed by atoms with Crippen LogP contribution >= 0.6 is 0 Å². The minimum absolute atomic E-state index is 0.130. The van der Waals surface area contributed by atoms with Crippen LogP contribution in [0.5, 0.6) is 0 Å². The van der Waals surface area contributed by atoms with Crippen LogP contribution in [-0.4, -0.2) is 63.1 Å². The number of amides is 1. The van der Waals surface area contributed by atoms with Crippen molar-refractivity contribution in [3.63, 3.8) is 0 Å². The Kier molecular flexibility index (Phi) is 9.40. The number of hydrogen-bond acceptors (Lipinski definition) is 6. The minimum Gasteiger partial charge on any atom is -0.323 e. The van der Waals surface area contributed by atoms with Crippen molar-refractivity contribution in [2.75, 3.05) is 26.2 Å². The average molecular weight is 612 g/mol. The molecule has 0 saturated carbocycles. The number of nitrogens with two attached hydrogens (primary N) is 1. The number of nitrogens with one attached hydrogen (secondary N) is 2. The Balaban J connectivity index is 1.33. The molecule has 3 atom stereocenters. The zero-order valence-corrected chi connectivity index (χ0v) is 24.0. The van der Waals surface area contributed by atoms with Crippen LogP contribution in [0.1, 0.15) is 29.9 Å². The van der Waals surface area contributed by atoms with E-state index in [1.54, 1.807) is 30.3 Å². The van der Waals surface area contributed by atoms with E-state index < -0.39 is 45.3 Å². The summed E-state index contributed by atoms with van der Waals surface area (Å²) in [4.78, 5) is 18.0. The summed E-state index contributed by atoms with van der Waals surface area (Å²) in [5.74, 6) is -3.76. The quantitative estimate of drug-likeness (QED) is 0.325. The molecule has 0 radical (unpaired) electrons. The van der Waals surface area contributed by atoms with Crippen molar-refractivity contribution in [2.24, 2.45) is 10.7 Å². The van der Waals surface area contributed by atoms with E-state index in [1.165, 1.54) is 34.8 Å². The number of rotatable bonds is 10. The van der Waals surface area contributed by atoms with Gasteiger partial charge in [-0.1, -0.05) is 30.3 Å². The third-order valence-corrected chi connectivity index (χ3v) is 9.67. The highest BCUT2D eigenvalue weighted by atomic mass is 32.2. The molecule has 0 aliphatic carbocycles. The molecule has 3 aromatic rings. The smallest absolute Gasteiger partial charge is 0.243 e. The third kappa shape index (κ3) is 7.04. The zero-order chi connectivity index (χ0) is 30.6. The molecule has 1 saturated heterocycles. The Morgan fingerprint density at radius 1 is 1.00 bits per heavy atom. The van der Waals surface area contributed by atoms with Gasteiger partial charge in [0.2, 0.25) is 15.9 Å². The van der Waals surface area contributed by atoms with Crippen LogP contribution in [0.15, 0.2) is 94.0 Å². The maximum Gasteiger partial charge on any atom is 0.243 e. The van der Waals surface area contributed by atoms with Gasteiger partial charge in [0.15, 0.2) is 0 Å². The molecule has 0 unspecified atom stereocenters. The lowest BCUT2D eigenvalue weighted by molar-refractivity contribution is -0.121. The lowest BCUT2D eigenvalue weighted by Crippen LogP contribution is -2.53. The van der Waals surface area contributed by atoms with E-state index in [0.717, 1.165) is 23.8 Å². The van der Waals surface area contributed by atoms with Crippen molar-refractivity contribution in [3.8, 4) is 0 Å². The van der Waals surface area contributed by atoms with Crippen molar-refractivity contribution in [1.29, 1.82) is 0 Å². The van der Waals surface area contributed by atoms with Gasteiger partial charge in [-0.15, -0.1) is 0 Å². The van der Waals surface area contributed by atoms with Crippen LogP contribution in [0.3, 0.4) is 0 Å². The van der Waals surface area contributed by atoms with E-state index in [2.05, 4.69) is 15.6 Å². The van der Waals surface area contributed by atoms with Gasteiger partial charge in [0.1, 0.15) is 17.5 Å². The van der Waals surface area contributed by atoms with E-state index in [4.69, 9.17) is 5.73 Å². The average Bonchev–Trinajstić information content (AvgIpc) is 3.44. The molecule has 8 nitrogen and oxygen atoms in total. The third-order valence-electron chi connectivity index (χ3n) is 7.70. The first-order valence-electron chi connectivity index (χ1n) is 13.9. The Morgan fingerprint density at radius 3 is 2.40 bits per heavy atom. The molecule has 226 valence electrons. The van der Waals surface area contributed by atoms with Gasteiger partial charge < -0.3 is 16.4 Å². The molecule has 0 spiro atoms. The molecule has 1 amide bonds. The first-order chi connectivity index (χ1) is 20.6. The van der Waals surface area contributed by atoms with Crippen LogP contribution in [0.2, 0.25) is 0 Å². The highest BCUT2D eigenvalue weighted by molar-refractivity contribution is 7.89. The van der Waals surface area contributed by atoms with Crippen LogP contribution in [0, 0.1) is 17.5 Å². The van der Waals surface area contributed by atoms with Gasteiger partial charge in [-0.2, -0.15) is 4.31 Å². The first kappa shape index (κ1) is 30.6. The van der Waals surface area contributed by atoms with E-state index >= 15 is 0 Å². The van der Waals surface area contributed by atoms with Crippen molar-refractivity contribution in [2.45, 2.75) is 35.7 Å². The molecule has 4 N–H and O–H groups in total. The van der Waals surface area contributed by atoms with E-state index in [-0.39, 0.29) is 16.5 Å². The van der Waals surface area contributed by atoms with Crippen molar-refractivity contribution >= 4 is 22.1 Å². The molecule has 43 heavy (non-hydrogen) atoms. The molecular weight excluding hydrogens is 579 g/mol. The summed E-state index contributed by atoms with van der Waals surface area (Å²) in [6.45, 7) is 1.68. The number of carbonyl (C=O) groups is 1. The lowest BCUT2D eigenvalue weighted by atomic mass is 9.84. The number of benzene rings is 3. The summed E-state index contributed by atoms with van der Waals surface area (Å²) in [6.07, 6.45) is 2.48. The second-order valence-corrected chi connectivity index (χ2v) is 12.5. The highest BCUT2D eigenvalue weighted by Gasteiger charge is 2.34. The van der Waals surface area contributed by atoms with Gasteiger partial charge in [-0.3, -0.25) is 9.79 Å². The second-order valence-electron chi connectivity index (χ2n) is 10.6. The molecule has 1 fully saturated rings. The molecule has 2 aliphatic heterocycles. The summed E-state index contributed by atoms with van der Waals surface area (Å²) in [7, 11) is -3.69. The van der Waals surface area contributed by atoms with Crippen LogP contribution in [0.25, 0.3) is 0 Å². The molecule has 0 aromatic heterocycles. The van der Waals surface area contributed by atoms with Crippen molar-refractivity contribution in [1.82, 2.24) is 14.9 Å². The van der Waals surface area contributed by atoms with Gasteiger partial charge >= 0.3 is 0 Å². The number of nitrogens with zero attached hydrogens (tertiary/aromatic N) is 2. The summed E-state index contributed by atoms with van der Waals surface area (Å²) >= 11 is 0. The highest BCUT2D eigenvalue weighted by Crippen LogP contribution is 2.30. The van der Waals surface area contributed by atoms with E-state index in [1.807, 2.05) is 0 Å². The lowest BCUT2D eigenvalue weighted by Gasteiger charge is -2.35. The fourth-order valence-electron chi connectivity index (χ4n) is 5.53. The number of piperazine rings is 1. The Morgan fingerprint density at radius 2 is 1.70 bits per heavy atom. The number of halogens is 3. The van der Waals surface area contributed by atoms with Crippen LogP contribution in [-0.2, 0) is 14.8 Å². The van der Waals surface area contributed by atoms with Crippen molar-refractivity contribution in [3.05, 3.63) is 113 Å². The maximum atomic E-state index is 14.1. The molecular formula is C31H32F3N5O3S. The van der Waals surface area contributed by atoms with E-state index in [9.17, 15) is 26.4 Å². The molecule has 5 rings (SSSR count). The van der Waals surface area contributed by atoms with Crippen LogP contribution in [0.4, 0.5) is 13.2 Å². The maximum absolute atomic E-state index is 14.1. The van der Waals surface area contributed by atoms with Gasteiger partial charge in [-0.25, -0.2) is 21.6 Å². The topological polar surface area (TPSA) is 117 Å². The standard InChI is InChI=1S/C31H32F3N5O3S/c32-23-9-6-20(7-10-23)29(22-14-24(33)16-25(34)15-22)30(35)31(40)38-28-19-37-17-21(28)8-11-26-18-36-12-13-39(26)43(41,42)27-4-2-1-3-5-27/h1-7,9-10,14-16,19,26,29-30,36H,8,11-13,17-18,35H2,(H,38,40)/t26-,29-,30-/m0/s1. The summed E-state index contributed by atoms with van der Waals surface area (Å²) in [5.41, 5.74) is 8.19. The Labute approximate surface area is 248 Å². The number of aliphatic imine (C=N–C) groups is 1. The van der Waals surface area contributed by atoms with Gasteiger partial charge in [-0.05, 0) is 65.9 Å². The summed E-state index contributed by atoms with van der Waals surface area (Å²) < 4.78 is 70.2. The number of carbonyl (C=O) groups excluding carboxylic acids is 1. The predicted molar refractivity (Wildman–Crippen MR) is 157 cm³/mol. The largest absolute Gasteiger partial charge is 0.323 e. The fraction of sp³-hybridized carbons (Fsp3) is 0.290. The number of allylic oxidation sites excluding steroid dienone is 1. The van der Waals surface area contributed by atoms with Gasteiger partial charge in [0.25, 0.3) is 0 Å². The fourth-order valence-corrected chi connectivity index (χ4v) is 7.21. The molecule has 3 aromatic carbocycles. The molecule has 2 heterocycles. The van der Waals surface area contributed by atoms with E-state index in [0.29, 0.717) is 50.3 Å². The Bertz CT molecular complexity index is 1610. The summed E-state index contributed by atoms with van der Waals surface area (Å²) in [5, 5.41) is 6.06. The van der Waals surface area contributed by atoms with Gasteiger partial charge in [0.05, 0.1) is 23.2 Å². The van der Waals surface area contributed by atoms with Crippen molar-refractivity contribution < 1.29 is 26.4 Å². The SMILES string of the molecule is N[C@H](C(=O)NC1=C(CC[C@H]2CNCCN2S(=O)(=O)c2ccccc2)CN=C1)[C@@H](c1ccc(F)cc1)c1cc(F)cc(F)c1. The molecule has 2 aliphatic rings. The first-order valence-corrected chi connectivity index (χ1v) is 15.3. The van der Waals surface area contributed by atoms with Crippen LogP contribution < -0.4 is 16.4 Å². The normalized spacial score (nSPS) is 18.9. The molecule has 12 heteroatoms. The zero-order valence-electron chi connectivity index (χ0n) is 23.2. The predicted octanol–water partition coefficient (Wildman–Crippen LogP) is 3.46. The molecule has 0 bridgehead atoms. The number of sulfonamides is 1. The monoisotopic (exact) mass is 611 g/mol. The number of hydrogen-bond donors (Lipinski definition) is 3.